The zero-order chi connectivity index (χ0) is 11.3. The molecule has 7 heteroatoms. The van der Waals surface area contributed by atoms with Crippen molar-refractivity contribution in [2.75, 3.05) is 31.3 Å². The molecule has 0 bridgehead atoms. The van der Waals surface area contributed by atoms with Gasteiger partial charge in [-0.2, -0.15) is 0 Å². The smallest absolute Gasteiger partial charge is 0.276 e. The Balaban J connectivity index is 2.58. The predicted molar refractivity (Wildman–Crippen MR) is 55.6 cm³/mol. The topological polar surface area (TPSA) is 113 Å². The summed E-state index contributed by atoms with van der Waals surface area (Å²) in [7, 11) is 1.49. The van der Waals surface area contributed by atoms with Crippen molar-refractivity contribution in [3.05, 3.63) is 16.7 Å². The number of nitrogen functional groups attached to an aromatic ring is 1. The zero-order valence-corrected chi connectivity index (χ0v) is 8.36. The standard InChI is InChI=1S/C8H14N4O3/c1-15-3-5(13)2-10-7-6(9)8(14)12-4-11-7/h4-5,13H,2-3,9H2,1H3,(H2,10,11,12,14). The molecule has 1 unspecified atom stereocenters. The number of H-pyrrole nitrogens is 1. The highest BCUT2D eigenvalue weighted by Gasteiger charge is 2.07. The van der Waals surface area contributed by atoms with E-state index in [1.165, 1.54) is 13.4 Å². The maximum absolute atomic E-state index is 11.1. The molecular formula is C8H14N4O3. The molecule has 1 aromatic rings. The summed E-state index contributed by atoms with van der Waals surface area (Å²) >= 11 is 0. The number of nitrogens with zero attached hydrogens (tertiary/aromatic N) is 1. The number of nitrogens with one attached hydrogen (secondary N) is 2. The van der Waals surface area contributed by atoms with E-state index in [0.29, 0.717) is 0 Å². The lowest BCUT2D eigenvalue weighted by molar-refractivity contribution is 0.0727. The first-order valence-electron chi connectivity index (χ1n) is 4.39. The molecule has 0 saturated heterocycles. The van der Waals surface area contributed by atoms with Crippen molar-refractivity contribution in [1.82, 2.24) is 9.97 Å². The van der Waals surface area contributed by atoms with E-state index in [0.717, 1.165) is 0 Å². The van der Waals surface area contributed by atoms with Crippen LogP contribution in [0.5, 0.6) is 0 Å². The van der Waals surface area contributed by atoms with Crippen LogP contribution < -0.4 is 16.6 Å². The number of rotatable bonds is 5. The minimum absolute atomic E-state index is 0.00196. The van der Waals surface area contributed by atoms with Gasteiger partial charge in [0.1, 0.15) is 5.69 Å². The van der Waals surface area contributed by atoms with Gasteiger partial charge < -0.3 is 25.9 Å². The third-order valence-corrected chi connectivity index (χ3v) is 1.75. The average molecular weight is 214 g/mol. The maximum Gasteiger partial charge on any atom is 0.276 e. The second-order valence-corrected chi connectivity index (χ2v) is 2.98. The lowest BCUT2D eigenvalue weighted by atomic mass is 10.3. The maximum atomic E-state index is 11.1. The van der Waals surface area contributed by atoms with Crippen LogP contribution in [0.25, 0.3) is 0 Å². The number of aromatic amines is 1. The molecule has 0 spiro atoms. The predicted octanol–water partition coefficient (Wildman–Crippen LogP) is -1.23. The van der Waals surface area contributed by atoms with E-state index in [1.54, 1.807) is 0 Å². The summed E-state index contributed by atoms with van der Waals surface area (Å²) in [4.78, 5) is 17.2. The monoisotopic (exact) mass is 214 g/mol. The fourth-order valence-electron chi connectivity index (χ4n) is 1.02. The van der Waals surface area contributed by atoms with E-state index in [9.17, 15) is 9.90 Å². The average Bonchev–Trinajstić information content (AvgIpc) is 2.21. The normalized spacial score (nSPS) is 12.4. The molecule has 0 fully saturated rings. The summed E-state index contributed by atoms with van der Waals surface area (Å²) in [5.41, 5.74) is 5.05. The van der Waals surface area contributed by atoms with E-state index in [1.807, 2.05) is 0 Å². The van der Waals surface area contributed by atoms with Gasteiger partial charge in [-0.3, -0.25) is 4.79 Å². The van der Waals surface area contributed by atoms with Gasteiger partial charge in [0.25, 0.3) is 5.56 Å². The van der Waals surface area contributed by atoms with Crippen LogP contribution in [0, 0.1) is 0 Å². The summed E-state index contributed by atoms with van der Waals surface area (Å²) < 4.78 is 4.74. The number of ether oxygens (including phenoxy) is 1. The van der Waals surface area contributed by atoms with Crippen LogP contribution in [0.3, 0.4) is 0 Å². The number of anilines is 2. The minimum Gasteiger partial charge on any atom is -0.391 e. The van der Waals surface area contributed by atoms with Gasteiger partial charge in [-0.15, -0.1) is 0 Å². The Bertz CT molecular complexity index is 365. The second kappa shape index (κ2) is 5.32. The molecule has 0 radical (unpaired) electrons. The van der Waals surface area contributed by atoms with Crippen molar-refractivity contribution in [2.24, 2.45) is 0 Å². The lowest BCUT2D eigenvalue weighted by Crippen LogP contribution is -2.26. The van der Waals surface area contributed by atoms with Crippen molar-refractivity contribution in [1.29, 1.82) is 0 Å². The van der Waals surface area contributed by atoms with Gasteiger partial charge in [-0.25, -0.2) is 4.98 Å². The van der Waals surface area contributed by atoms with Crippen LogP contribution in [0.15, 0.2) is 11.1 Å². The Morgan fingerprint density at radius 1 is 1.80 bits per heavy atom. The molecular weight excluding hydrogens is 200 g/mol. The summed E-state index contributed by atoms with van der Waals surface area (Å²) in [5.74, 6) is 0.258. The van der Waals surface area contributed by atoms with Crippen LogP contribution >= 0.6 is 0 Å². The molecule has 5 N–H and O–H groups in total. The number of methoxy groups -OCH3 is 1. The molecule has 0 aromatic carbocycles. The molecule has 0 amide bonds. The number of hydrogen-bond acceptors (Lipinski definition) is 6. The number of aliphatic hydroxyl groups excluding tert-OH is 1. The fraction of sp³-hybridized carbons (Fsp3) is 0.500. The van der Waals surface area contributed by atoms with Gasteiger partial charge >= 0.3 is 0 Å². The molecule has 7 nitrogen and oxygen atoms in total. The van der Waals surface area contributed by atoms with Gasteiger partial charge in [0.2, 0.25) is 0 Å². The van der Waals surface area contributed by atoms with Crippen LogP contribution in [0.1, 0.15) is 0 Å². The Kier molecular flexibility index (Phi) is 4.07. The zero-order valence-electron chi connectivity index (χ0n) is 8.36. The number of nitrogens with two attached hydrogens (primary N) is 1. The van der Waals surface area contributed by atoms with Crippen LogP contribution in [0.2, 0.25) is 0 Å². The molecule has 0 saturated carbocycles. The molecule has 1 atom stereocenters. The third kappa shape index (κ3) is 3.22. The van der Waals surface area contributed by atoms with E-state index in [2.05, 4.69) is 15.3 Å². The molecule has 0 aliphatic heterocycles. The summed E-state index contributed by atoms with van der Waals surface area (Å²) in [6.45, 7) is 0.421. The fourth-order valence-corrected chi connectivity index (χ4v) is 1.02. The van der Waals surface area contributed by atoms with Crippen LogP contribution in [-0.4, -0.2) is 41.4 Å². The first kappa shape index (κ1) is 11.5. The van der Waals surface area contributed by atoms with E-state index in [4.69, 9.17) is 10.5 Å². The Labute approximate surface area is 86.3 Å². The number of aliphatic hydroxyl groups is 1. The molecule has 84 valence electrons. The molecule has 1 rings (SSSR count). The minimum atomic E-state index is -0.671. The summed E-state index contributed by atoms with van der Waals surface area (Å²) in [6.07, 6.45) is 0.569. The Morgan fingerprint density at radius 3 is 3.20 bits per heavy atom. The summed E-state index contributed by atoms with van der Waals surface area (Å²) in [5, 5.41) is 12.1. The Morgan fingerprint density at radius 2 is 2.53 bits per heavy atom. The van der Waals surface area contributed by atoms with Crippen molar-refractivity contribution in [2.45, 2.75) is 6.10 Å². The van der Waals surface area contributed by atoms with E-state index >= 15 is 0 Å². The van der Waals surface area contributed by atoms with Crippen molar-refractivity contribution >= 4 is 11.5 Å². The second-order valence-electron chi connectivity index (χ2n) is 2.98. The Hall–Kier alpha value is -1.60. The first-order chi connectivity index (χ1) is 7.15. The highest BCUT2D eigenvalue weighted by atomic mass is 16.5. The van der Waals surface area contributed by atoms with Crippen LogP contribution in [0.4, 0.5) is 11.5 Å². The quantitative estimate of drug-likeness (QED) is 0.488. The van der Waals surface area contributed by atoms with Gasteiger partial charge in [-0.05, 0) is 0 Å². The number of aromatic nitrogens is 2. The first-order valence-corrected chi connectivity index (χ1v) is 4.39. The molecule has 1 aromatic heterocycles. The lowest BCUT2D eigenvalue weighted by Gasteiger charge is -2.11. The SMILES string of the molecule is COCC(O)CNc1nc[nH]c(=O)c1N. The van der Waals surface area contributed by atoms with Crippen molar-refractivity contribution in [3.63, 3.8) is 0 Å². The molecule has 0 aliphatic carbocycles. The van der Waals surface area contributed by atoms with Gasteiger partial charge in [0.15, 0.2) is 5.82 Å². The van der Waals surface area contributed by atoms with Gasteiger partial charge in [0.05, 0.1) is 19.0 Å². The van der Waals surface area contributed by atoms with Crippen molar-refractivity contribution in [3.8, 4) is 0 Å². The van der Waals surface area contributed by atoms with E-state index in [-0.39, 0.29) is 24.7 Å². The molecule has 1 heterocycles. The molecule has 15 heavy (non-hydrogen) atoms. The summed E-state index contributed by atoms with van der Waals surface area (Å²) in [6, 6.07) is 0. The van der Waals surface area contributed by atoms with Crippen LogP contribution in [-0.2, 0) is 4.74 Å². The van der Waals surface area contributed by atoms with E-state index < -0.39 is 11.7 Å². The highest BCUT2D eigenvalue weighted by Crippen LogP contribution is 2.06. The third-order valence-electron chi connectivity index (χ3n) is 1.75. The highest BCUT2D eigenvalue weighted by molar-refractivity contribution is 5.58. The van der Waals surface area contributed by atoms with Crippen molar-refractivity contribution < 1.29 is 9.84 Å². The number of hydrogen-bond donors (Lipinski definition) is 4. The largest absolute Gasteiger partial charge is 0.391 e. The molecule has 0 aliphatic rings. The van der Waals surface area contributed by atoms with Gasteiger partial charge in [-0.1, -0.05) is 0 Å². The van der Waals surface area contributed by atoms with Gasteiger partial charge in [0, 0.05) is 13.7 Å².